The van der Waals surface area contributed by atoms with Gasteiger partial charge in [0.1, 0.15) is 36.8 Å². The van der Waals surface area contributed by atoms with Gasteiger partial charge in [-0.05, 0) is 74.1 Å². The van der Waals surface area contributed by atoms with E-state index >= 15 is 0 Å². The van der Waals surface area contributed by atoms with E-state index in [0.717, 1.165) is 22.3 Å². The monoisotopic (exact) mass is 772 g/mol. The highest BCUT2D eigenvalue weighted by Crippen LogP contribution is 2.44. The highest BCUT2D eigenvalue weighted by Gasteiger charge is 2.40. The zero-order valence-corrected chi connectivity index (χ0v) is 31.6. The molecule has 0 spiro atoms. The number of nitrogens with zero attached hydrogens (tertiary/aromatic N) is 2. The number of aliphatic imine (C=N–C) groups is 1. The van der Waals surface area contributed by atoms with E-state index in [1.807, 2.05) is 48.5 Å². The highest BCUT2D eigenvalue weighted by atomic mass is 16.5. The molecule has 2 fully saturated rings. The van der Waals surface area contributed by atoms with Gasteiger partial charge in [-0.25, -0.2) is 9.59 Å². The van der Waals surface area contributed by atoms with Crippen LogP contribution in [0.5, 0.6) is 0 Å². The minimum atomic E-state index is -1.30. The van der Waals surface area contributed by atoms with Gasteiger partial charge >= 0.3 is 12.1 Å². The fraction of sp³-hybridized carbons (Fsp3) is 0.475. The normalized spacial score (nSPS) is 23.5. The Morgan fingerprint density at radius 3 is 2.20 bits per heavy atom. The van der Waals surface area contributed by atoms with E-state index in [1.54, 1.807) is 19.1 Å². The zero-order valence-electron chi connectivity index (χ0n) is 31.6. The summed E-state index contributed by atoms with van der Waals surface area (Å²) in [4.78, 5) is 86.3. The number of hydrogen-bond donors (Lipinski definition) is 7. The van der Waals surface area contributed by atoms with Crippen LogP contribution in [-0.2, 0) is 28.7 Å². The molecule has 9 N–H and O–H groups in total. The molecule has 2 aromatic carbocycles. The molecule has 5 rings (SSSR count). The number of ether oxygens (including phenoxy) is 1. The van der Waals surface area contributed by atoms with Crippen molar-refractivity contribution >= 4 is 41.7 Å². The van der Waals surface area contributed by atoms with Crippen LogP contribution in [0.25, 0.3) is 11.1 Å². The lowest BCUT2D eigenvalue weighted by atomic mass is 9.98. The third kappa shape index (κ3) is 10.4. The van der Waals surface area contributed by atoms with Gasteiger partial charge in [0.2, 0.25) is 23.6 Å². The lowest BCUT2D eigenvalue weighted by Crippen LogP contribution is -2.58. The van der Waals surface area contributed by atoms with E-state index in [1.165, 1.54) is 4.90 Å². The number of aliphatic carboxylic acids is 1. The molecule has 2 heterocycles. The van der Waals surface area contributed by atoms with Crippen LogP contribution >= 0.6 is 0 Å². The smallest absolute Gasteiger partial charge is 0.407 e. The molecule has 1 aliphatic carbocycles. The number of allylic oxidation sites excluding steroid dienone is 1. The molecule has 3 aliphatic rings. The van der Waals surface area contributed by atoms with E-state index in [4.69, 9.17) is 16.2 Å². The largest absolute Gasteiger partial charge is 0.480 e. The number of fused-ring (bicyclic) bond motifs is 4. The highest BCUT2D eigenvalue weighted by molar-refractivity contribution is 5.96. The Hall–Kier alpha value is -5.93. The first-order chi connectivity index (χ1) is 27.0. The van der Waals surface area contributed by atoms with Crippen molar-refractivity contribution in [2.75, 3.05) is 19.7 Å². The van der Waals surface area contributed by atoms with Crippen LogP contribution in [0.2, 0.25) is 0 Å². The van der Waals surface area contributed by atoms with Crippen molar-refractivity contribution in [1.82, 2.24) is 26.2 Å². The molecule has 0 bridgehead atoms. The van der Waals surface area contributed by atoms with Crippen molar-refractivity contribution in [3.63, 3.8) is 0 Å². The van der Waals surface area contributed by atoms with Crippen LogP contribution < -0.4 is 32.7 Å². The number of amides is 5. The molecule has 5 amide bonds. The number of carbonyl (C=O) groups is 6. The molecular formula is C40H52N8O8. The molecule has 5 atom stereocenters. The fourth-order valence-electron chi connectivity index (χ4n) is 7.59. The number of guanidine groups is 1. The number of carboxylic acids is 1. The second kappa shape index (κ2) is 19.6. The van der Waals surface area contributed by atoms with Gasteiger partial charge in [0.15, 0.2) is 5.96 Å². The summed E-state index contributed by atoms with van der Waals surface area (Å²) < 4.78 is 5.76. The lowest BCUT2D eigenvalue weighted by molar-refractivity contribution is -0.142. The molecule has 16 nitrogen and oxygen atoms in total. The van der Waals surface area contributed by atoms with E-state index in [-0.39, 0.29) is 70.1 Å². The summed E-state index contributed by atoms with van der Waals surface area (Å²) >= 11 is 0. The number of benzene rings is 2. The number of carboxylic acid groups (broad SMARTS) is 1. The van der Waals surface area contributed by atoms with Gasteiger partial charge in [-0.3, -0.25) is 24.2 Å². The Morgan fingerprint density at radius 2 is 1.54 bits per heavy atom. The first-order valence-corrected chi connectivity index (χ1v) is 19.2. The van der Waals surface area contributed by atoms with Gasteiger partial charge in [0, 0.05) is 19.0 Å². The Kier molecular flexibility index (Phi) is 14.4. The predicted molar refractivity (Wildman–Crippen MR) is 208 cm³/mol. The molecule has 2 aromatic rings. The molecule has 0 saturated carbocycles. The van der Waals surface area contributed by atoms with E-state index < -0.39 is 65.9 Å². The Morgan fingerprint density at radius 1 is 0.893 bits per heavy atom. The number of carbonyl (C=O) groups excluding carboxylic acids is 5. The number of nitrogens with one attached hydrogen (secondary N) is 4. The summed E-state index contributed by atoms with van der Waals surface area (Å²) in [7, 11) is 0. The summed E-state index contributed by atoms with van der Waals surface area (Å²) in [5.41, 5.74) is 15.1. The maximum Gasteiger partial charge on any atom is 0.407 e. The minimum Gasteiger partial charge on any atom is -0.480 e. The van der Waals surface area contributed by atoms with Crippen molar-refractivity contribution in [2.24, 2.45) is 16.5 Å². The molecule has 2 saturated heterocycles. The number of rotatable bonds is 10. The SMILES string of the molecule is C/C=C/C[C@@H]1NC(=O)C2CCCN2C(=O)[C@@H](NC(=O)OCC2c3ccccc3-c3ccccc32)CCCC[C@@H](C(=O)O)NC(=O)[C@H](CCCN=C(N)N)NC1=O. The van der Waals surface area contributed by atoms with Crippen LogP contribution in [0.4, 0.5) is 4.79 Å². The lowest BCUT2D eigenvalue weighted by Gasteiger charge is -2.30. The summed E-state index contributed by atoms with van der Waals surface area (Å²) in [5.74, 6) is -4.04. The number of nitrogens with two attached hydrogens (primary N) is 2. The van der Waals surface area contributed by atoms with Gasteiger partial charge in [-0.1, -0.05) is 73.5 Å². The Bertz CT molecular complexity index is 1780. The number of hydrogen-bond acceptors (Lipinski definition) is 8. The maximum absolute atomic E-state index is 14.2. The molecule has 56 heavy (non-hydrogen) atoms. The standard InChI is InChI=1S/C40H52N8O8/c1-2-3-16-29-34(49)44-30(19-10-21-43-39(41)42)35(50)46-32(38(53)54)18-9-8-17-31(37(52)48-22-11-20-33(48)36(51)45-29)47-40(55)56-23-28-26-14-6-4-12-24(26)25-13-5-7-15-27(25)28/h2-7,12-15,28-33H,8-11,16-23H2,1H3,(H,44,49)(H,45,51)(H,46,50)(H,47,55)(H,53,54)(H4,41,42,43)/b3-2+/t29-,30-,31-,32-,33?/m0/s1. The molecule has 0 radical (unpaired) electrons. The van der Waals surface area contributed by atoms with E-state index in [0.29, 0.717) is 19.3 Å². The van der Waals surface area contributed by atoms with Crippen molar-refractivity contribution in [3.05, 3.63) is 71.8 Å². The third-order valence-corrected chi connectivity index (χ3v) is 10.4. The third-order valence-electron chi connectivity index (χ3n) is 10.4. The molecule has 2 aliphatic heterocycles. The van der Waals surface area contributed by atoms with Gasteiger partial charge in [0.25, 0.3) is 0 Å². The van der Waals surface area contributed by atoms with Crippen molar-refractivity contribution in [3.8, 4) is 11.1 Å². The van der Waals surface area contributed by atoms with Gasteiger partial charge in [0.05, 0.1) is 0 Å². The Labute approximate surface area is 325 Å². The van der Waals surface area contributed by atoms with Crippen LogP contribution in [-0.4, -0.2) is 102 Å². The zero-order chi connectivity index (χ0) is 40.2. The molecule has 1 unspecified atom stereocenters. The summed E-state index contributed by atoms with van der Waals surface area (Å²) in [6, 6.07) is 10.3. The maximum atomic E-state index is 14.2. The van der Waals surface area contributed by atoms with Gasteiger partial charge in [-0.15, -0.1) is 0 Å². The quantitative estimate of drug-likeness (QED) is 0.0801. The van der Waals surface area contributed by atoms with E-state index in [2.05, 4.69) is 26.3 Å². The first kappa shape index (κ1) is 41.2. The molecular weight excluding hydrogens is 720 g/mol. The first-order valence-electron chi connectivity index (χ1n) is 19.2. The van der Waals surface area contributed by atoms with Gasteiger partial charge in [-0.2, -0.15) is 0 Å². The predicted octanol–water partition coefficient (Wildman–Crippen LogP) is 2.02. The average molecular weight is 773 g/mol. The molecule has 300 valence electrons. The average Bonchev–Trinajstić information content (AvgIpc) is 3.80. The summed E-state index contributed by atoms with van der Waals surface area (Å²) in [6.07, 6.45) is 4.60. The second-order valence-electron chi connectivity index (χ2n) is 14.3. The van der Waals surface area contributed by atoms with Crippen molar-refractivity contribution in [1.29, 1.82) is 0 Å². The van der Waals surface area contributed by atoms with Crippen molar-refractivity contribution < 1.29 is 38.6 Å². The second-order valence-corrected chi connectivity index (χ2v) is 14.3. The fourth-order valence-corrected chi connectivity index (χ4v) is 7.59. The molecule has 16 heteroatoms. The summed E-state index contributed by atoms with van der Waals surface area (Å²) in [6.45, 7) is 2.20. The van der Waals surface area contributed by atoms with Crippen molar-refractivity contribution in [2.45, 2.75) is 101 Å². The minimum absolute atomic E-state index is 0.0118. The van der Waals surface area contributed by atoms with Crippen LogP contribution in [0, 0.1) is 0 Å². The summed E-state index contributed by atoms with van der Waals surface area (Å²) in [5, 5.41) is 20.7. The van der Waals surface area contributed by atoms with Gasteiger partial charge < -0.3 is 47.5 Å². The van der Waals surface area contributed by atoms with E-state index in [9.17, 15) is 33.9 Å². The topological polar surface area (TPSA) is 248 Å². The molecule has 0 aromatic heterocycles. The van der Waals surface area contributed by atoms with Crippen LogP contribution in [0.15, 0.2) is 65.7 Å². The number of alkyl carbamates (subject to hydrolysis) is 1. The van der Waals surface area contributed by atoms with Crippen LogP contribution in [0.3, 0.4) is 0 Å². The van der Waals surface area contributed by atoms with Crippen LogP contribution in [0.1, 0.15) is 81.8 Å². The Balaban J connectivity index is 1.35.